The van der Waals surface area contributed by atoms with Gasteiger partial charge in [0, 0.05) is 6.04 Å². The summed E-state index contributed by atoms with van der Waals surface area (Å²) in [6, 6.07) is 5.06. The zero-order valence-electron chi connectivity index (χ0n) is 14.3. The third-order valence-corrected chi connectivity index (χ3v) is 3.29. The Bertz CT molecular complexity index is 587. The van der Waals surface area contributed by atoms with Crippen LogP contribution in [0.1, 0.15) is 50.4 Å². The fourth-order valence-electron chi connectivity index (χ4n) is 2.11. The van der Waals surface area contributed by atoms with Crippen molar-refractivity contribution < 1.29 is 19.5 Å². The molecule has 0 heterocycles. The highest BCUT2D eigenvalue weighted by Gasteiger charge is 2.21. The van der Waals surface area contributed by atoms with E-state index in [2.05, 4.69) is 16.0 Å². The Morgan fingerprint density at radius 2 is 1.79 bits per heavy atom. The maximum Gasteiger partial charge on any atom is 0.326 e. The molecule has 7 nitrogen and oxygen atoms in total. The molecule has 0 aliphatic carbocycles. The molecule has 0 aliphatic heterocycles. The zero-order valence-corrected chi connectivity index (χ0v) is 14.3. The summed E-state index contributed by atoms with van der Waals surface area (Å²) in [7, 11) is 0. The topological polar surface area (TPSA) is 108 Å². The van der Waals surface area contributed by atoms with E-state index < -0.39 is 23.9 Å². The fraction of sp³-hybridized carbons (Fsp3) is 0.471. The number of aliphatic carboxylic acids is 1. The number of para-hydroxylation sites is 1. The quantitative estimate of drug-likeness (QED) is 0.585. The second-order valence-electron chi connectivity index (χ2n) is 5.81. The molecule has 1 unspecified atom stereocenters. The number of hydrogen-bond acceptors (Lipinski definition) is 3. The van der Waals surface area contributed by atoms with Gasteiger partial charge in [0.05, 0.1) is 11.3 Å². The summed E-state index contributed by atoms with van der Waals surface area (Å²) in [5, 5.41) is 17.0. The molecule has 0 saturated carbocycles. The Morgan fingerprint density at radius 3 is 2.38 bits per heavy atom. The highest BCUT2D eigenvalue weighted by Crippen LogP contribution is 2.15. The van der Waals surface area contributed by atoms with Gasteiger partial charge in [-0.1, -0.05) is 31.9 Å². The van der Waals surface area contributed by atoms with Crippen LogP contribution in [0, 0.1) is 0 Å². The Balaban J connectivity index is 2.86. The molecule has 0 bridgehead atoms. The van der Waals surface area contributed by atoms with Gasteiger partial charge in [0.25, 0.3) is 5.91 Å². The molecule has 132 valence electrons. The Kier molecular flexibility index (Phi) is 7.74. The maximum atomic E-state index is 12.4. The van der Waals surface area contributed by atoms with E-state index in [1.165, 1.54) is 0 Å². The largest absolute Gasteiger partial charge is 0.480 e. The highest BCUT2D eigenvalue weighted by molar-refractivity contribution is 6.04. The summed E-state index contributed by atoms with van der Waals surface area (Å²) >= 11 is 0. The summed E-state index contributed by atoms with van der Waals surface area (Å²) in [6.45, 7) is 5.60. The lowest BCUT2D eigenvalue weighted by atomic mass is 10.1. The number of anilines is 1. The van der Waals surface area contributed by atoms with Gasteiger partial charge >= 0.3 is 12.0 Å². The van der Waals surface area contributed by atoms with Crippen LogP contribution in [0.25, 0.3) is 0 Å². The zero-order chi connectivity index (χ0) is 18.1. The number of carboxylic acids is 1. The smallest absolute Gasteiger partial charge is 0.326 e. The number of carboxylic acid groups (broad SMARTS) is 1. The first-order valence-corrected chi connectivity index (χ1v) is 8.05. The van der Waals surface area contributed by atoms with Crippen molar-refractivity contribution in [3.05, 3.63) is 29.8 Å². The first-order chi connectivity index (χ1) is 11.3. The van der Waals surface area contributed by atoms with Crippen LogP contribution in [0.5, 0.6) is 0 Å². The van der Waals surface area contributed by atoms with Gasteiger partial charge in [-0.05, 0) is 32.4 Å². The van der Waals surface area contributed by atoms with Crippen molar-refractivity contribution in [2.75, 3.05) is 5.32 Å². The number of carbonyl (C=O) groups is 3. The number of unbranched alkanes of at least 4 members (excludes halogenated alkanes) is 1. The molecule has 1 atom stereocenters. The minimum absolute atomic E-state index is 0.0450. The van der Waals surface area contributed by atoms with Crippen molar-refractivity contribution in [2.45, 2.75) is 52.1 Å². The molecule has 1 aromatic carbocycles. The van der Waals surface area contributed by atoms with Crippen molar-refractivity contribution in [2.24, 2.45) is 0 Å². The van der Waals surface area contributed by atoms with Crippen LogP contribution >= 0.6 is 0 Å². The van der Waals surface area contributed by atoms with Crippen molar-refractivity contribution in [1.82, 2.24) is 10.6 Å². The van der Waals surface area contributed by atoms with Gasteiger partial charge < -0.3 is 21.1 Å². The van der Waals surface area contributed by atoms with Gasteiger partial charge in [0.1, 0.15) is 6.04 Å². The predicted octanol–water partition coefficient (Wildman–Crippen LogP) is 2.59. The van der Waals surface area contributed by atoms with Crippen LogP contribution in [0.2, 0.25) is 0 Å². The average molecular weight is 335 g/mol. The Labute approximate surface area is 141 Å². The monoisotopic (exact) mass is 335 g/mol. The molecule has 0 aromatic heterocycles. The average Bonchev–Trinajstić information content (AvgIpc) is 2.50. The summed E-state index contributed by atoms with van der Waals surface area (Å²) in [4.78, 5) is 35.5. The second-order valence-corrected chi connectivity index (χ2v) is 5.81. The van der Waals surface area contributed by atoms with E-state index in [-0.39, 0.29) is 11.6 Å². The SMILES string of the molecule is CCCCC(NC(=O)c1ccccc1NC(=O)NC(C)C)C(=O)O. The molecule has 7 heteroatoms. The molecular weight excluding hydrogens is 310 g/mol. The Hall–Kier alpha value is -2.57. The van der Waals surface area contributed by atoms with Crippen molar-refractivity contribution in [1.29, 1.82) is 0 Å². The summed E-state index contributed by atoms with van der Waals surface area (Å²) in [6.07, 6.45) is 1.90. The minimum Gasteiger partial charge on any atom is -0.480 e. The van der Waals surface area contributed by atoms with Crippen molar-refractivity contribution in [3.63, 3.8) is 0 Å². The van der Waals surface area contributed by atoms with Crippen molar-refractivity contribution >= 4 is 23.6 Å². The van der Waals surface area contributed by atoms with Crippen LogP contribution in [-0.2, 0) is 4.79 Å². The number of urea groups is 1. The van der Waals surface area contributed by atoms with Gasteiger partial charge in [-0.3, -0.25) is 4.79 Å². The summed E-state index contributed by atoms with van der Waals surface area (Å²) in [5.41, 5.74) is 0.548. The predicted molar refractivity (Wildman–Crippen MR) is 92.1 cm³/mol. The van der Waals surface area contributed by atoms with Gasteiger partial charge in [-0.25, -0.2) is 9.59 Å². The van der Waals surface area contributed by atoms with Crippen LogP contribution in [0.4, 0.5) is 10.5 Å². The van der Waals surface area contributed by atoms with E-state index >= 15 is 0 Å². The van der Waals surface area contributed by atoms with E-state index in [4.69, 9.17) is 0 Å². The molecule has 4 N–H and O–H groups in total. The molecule has 3 amide bonds. The lowest BCUT2D eigenvalue weighted by Crippen LogP contribution is -2.41. The normalized spacial score (nSPS) is 11.7. The number of amides is 3. The standard InChI is InChI=1S/C17H25N3O4/c1-4-5-9-14(16(22)23)19-15(21)12-8-6-7-10-13(12)20-17(24)18-11(2)3/h6-8,10-11,14H,4-5,9H2,1-3H3,(H,19,21)(H,22,23)(H2,18,20,24). The number of rotatable bonds is 8. The number of benzene rings is 1. The third-order valence-electron chi connectivity index (χ3n) is 3.29. The van der Waals surface area contributed by atoms with Crippen molar-refractivity contribution in [3.8, 4) is 0 Å². The molecular formula is C17H25N3O4. The lowest BCUT2D eigenvalue weighted by molar-refractivity contribution is -0.139. The first kappa shape index (κ1) is 19.5. The van der Waals surface area contributed by atoms with Gasteiger partial charge in [-0.2, -0.15) is 0 Å². The lowest BCUT2D eigenvalue weighted by Gasteiger charge is -2.17. The number of carbonyl (C=O) groups excluding carboxylic acids is 2. The minimum atomic E-state index is -1.07. The molecule has 0 saturated heterocycles. The summed E-state index contributed by atoms with van der Waals surface area (Å²) in [5.74, 6) is -1.60. The van der Waals surface area contributed by atoms with Gasteiger partial charge in [-0.15, -0.1) is 0 Å². The van der Waals surface area contributed by atoms with E-state index in [9.17, 15) is 19.5 Å². The highest BCUT2D eigenvalue weighted by atomic mass is 16.4. The van der Waals surface area contributed by atoms with E-state index in [1.54, 1.807) is 24.3 Å². The van der Waals surface area contributed by atoms with Crippen LogP contribution in [-0.4, -0.2) is 35.1 Å². The van der Waals surface area contributed by atoms with Crippen LogP contribution in [0.15, 0.2) is 24.3 Å². The van der Waals surface area contributed by atoms with Gasteiger partial charge in [0.15, 0.2) is 0 Å². The van der Waals surface area contributed by atoms with E-state index in [1.807, 2.05) is 20.8 Å². The number of hydrogen-bond donors (Lipinski definition) is 4. The first-order valence-electron chi connectivity index (χ1n) is 8.05. The van der Waals surface area contributed by atoms with Gasteiger partial charge in [0.2, 0.25) is 0 Å². The van der Waals surface area contributed by atoms with E-state index in [0.717, 1.165) is 6.42 Å². The maximum absolute atomic E-state index is 12.4. The van der Waals surface area contributed by atoms with E-state index in [0.29, 0.717) is 18.5 Å². The number of nitrogens with one attached hydrogen (secondary N) is 3. The van der Waals surface area contributed by atoms with Crippen LogP contribution < -0.4 is 16.0 Å². The molecule has 1 aromatic rings. The Morgan fingerprint density at radius 1 is 1.12 bits per heavy atom. The molecule has 0 aliphatic rings. The third kappa shape index (κ3) is 6.28. The molecule has 0 fully saturated rings. The molecule has 0 spiro atoms. The fourth-order valence-corrected chi connectivity index (χ4v) is 2.11. The molecule has 0 radical (unpaired) electrons. The second kappa shape index (κ2) is 9.54. The molecule has 1 rings (SSSR count). The van der Waals surface area contributed by atoms with Crippen LogP contribution in [0.3, 0.4) is 0 Å². The summed E-state index contributed by atoms with van der Waals surface area (Å²) < 4.78 is 0. The molecule has 24 heavy (non-hydrogen) atoms.